The number of hydrogen-bond acceptors (Lipinski definition) is 2. The smallest absolute Gasteiger partial charge is 0.349 e. The van der Waals surface area contributed by atoms with Gasteiger partial charge in [-0.2, -0.15) is 8.78 Å². The molecule has 1 N–H and O–H groups in total. The third kappa shape index (κ3) is 4.23. The van der Waals surface area contributed by atoms with Crippen LogP contribution >= 0.6 is 11.6 Å². The van der Waals surface area contributed by atoms with Crippen LogP contribution in [0.5, 0.6) is 0 Å². The lowest BCUT2D eigenvalue weighted by molar-refractivity contribution is 0.0692. The Hall–Kier alpha value is -1.01. The van der Waals surface area contributed by atoms with Crippen molar-refractivity contribution >= 4 is 28.4 Å². The highest BCUT2D eigenvalue weighted by Crippen LogP contribution is 2.39. The van der Waals surface area contributed by atoms with Crippen molar-refractivity contribution in [3.05, 3.63) is 28.8 Å². The van der Waals surface area contributed by atoms with E-state index in [2.05, 4.69) is 0 Å². The first kappa shape index (κ1) is 18.0. The van der Waals surface area contributed by atoms with Gasteiger partial charge in [-0.1, -0.05) is 20.8 Å². The number of carboxylic acid groups (broad SMARTS) is 1. The van der Waals surface area contributed by atoms with E-state index in [0.29, 0.717) is 0 Å². The molecular weight excluding hydrogens is 322 g/mol. The Bertz CT molecular complexity index is 568. The number of carboxylic acids is 1. The van der Waals surface area contributed by atoms with Gasteiger partial charge in [0.05, 0.1) is 26.8 Å². The molecule has 0 saturated heterocycles. The van der Waals surface area contributed by atoms with E-state index in [1.165, 1.54) is 0 Å². The Morgan fingerprint density at radius 3 is 2.38 bits per heavy atom. The molecule has 118 valence electrons. The molecule has 0 unspecified atom stereocenters. The quantitative estimate of drug-likeness (QED) is 0.798. The summed E-state index contributed by atoms with van der Waals surface area (Å²) in [6.45, 7) is 5.25. The second-order valence-electron chi connectivity index (χ2n) is 5.03. The average Bonchev–Trinajstić information content (AvgIpc) is 2.34. The normalized spacial score (nSPS) is 13.5. The number of hydrogen-bond donors (Lipinski definition) is 1. The Morgan fingerprint density at radius 1 is 1.43 bits per heavy atom. The molecule has 0 spiro atoms. The first-order valence-electron chi connectivity index (χ1n) is 6.44. The van der Waals surface area contributed by atoms with Crippen molar-refractivity contribution < 1.29 is 22.9 Å². The molecule has 0 aliphatic carbocycles. The third-order valence-electron chi connectivity index (χ3n) is 2.86. The summed E-state index contributed by atoms with van der Waals surface area (Å²) in [6.07, 6.45) is 0.182. The third-order valence-corrected chi connectivity index (χ3v) is 4.96. The topological polar surface area (TPSA) is 54.4 Å². The second-order valence-corrected chi connectivity index (χ2v) is 6.94. The van der Waals surface area contributed by atoms with Crippen LogP contribution in [0.4, 0.5) is 8.78 Å². The Morgan fingerprint density at radius 2 is 2.00 bits per heavy atom. The van der Waals surface area contributed by atoms with E-state index in [4.69, 9.17) is 16.7 Å². The monoisotopic (exact) mass is 338 g/mol. The molecule has 21 heavy (non-hydrogen) atoms. The Kier molecular flexibility index (Phi) is 5.87. The van der Waals surface area contributed by atoms with E-state index >= 15 is 0 Å². The summed E-state index contributed by atoms with van der Waals surface area (Å²) < 4.78 is 39.5. The fourth-order valence-electron chi connectivity index (χ4n) is 2.05. The lowest BCUT2D eigenvalue weighted by Gasteiger charge is -2.19. The minimum Gasteiger partial charge on any atom is -0.478 e. The summed E-state index contributed by atoms with van der Waals surface area (Å²) in [5.74, 6) is -1.06. The van der Waals surface area contributed by atoms with Gasteiger partial charge < -0.3 is 5.11 Å². The number of alkyl halides is 3. The summed E-state index contributed by atoms with van der Waals surface area (Å²) in [5.41, 5.74) is -0.543. The summed E-state index contributed by atoms with van der Waals surface area (Å²) in [6, 6.07) is 2.03. The fourth-order valence-corrected chi connectivity index (χ4v) is 4.00. The first-order chi connectivity index (χ1) is 9.59. The number of rotatable bonds is 6. The van der Waals surface area contributed by atoms with Crippen LogP contribution in [0.1, 0.15) is 42.3 Å². The molecule has 1 rings (SSSR count). The number of benzene rings is 1. The Labute approximate surface area is 129 Å². The maximum Gasteiger partial charge on any atom is 0.349 e. The summed E-state index contributed by atoms with van der Waals surface area (Å²) in [7, 11) is -1.74. The van der Waals surface area contributed by atoms with Gasteiger partial charge in [0.1, 0.15) is 0 Å². The molecule has 0 aliphatic rings. The van der Waals surface area contributed by atoms with Gasteiger partial charge in [-0.05, 0) is 41.6 Å². The van der Waals surface area contributed by atoms with Crippen LogP contribution in [-0.2, 0) is 22.6 Å². The molecule has 0 bridgehead atoms. The number of aromatic carboxylic acids is 1. The highest BCUT2D eigenvalue weighted by atomic mass is 35.5. The molecule has 1 aromatic rings. The zero-order chi connectivity index (χ0) is 16.4. The lowest BCUT2D eigenvalue weighted by atomic mass is 10.0. The van der Waals surface area contributed by atoms with Crippen molar-refractivity contribution in [2.24, 2.45) is 5.92 Å². The Balaban J connectivity index is 3.62. The van der Waals surface area contributed by atoms with E-state index in [9.17, 15) is 17.8 Å². The average molecular weight is 339 g/mol. The summed E-state index contributed by atoms with van der Waals surface area (Å²) >= 11 is 5.09. The van der Waals surface area contributed by atoms with Crippen molar-refractivity contribution in [2.45, 2.75) is 37.5 Å². The van der Waals surface area contributed by atoms with Crippen LogP contribution < -0.4 is 0 Å². The lowest BCUT2D eigenvalue weighted by Crippen LogP contribution is -2.17. The minimum atomic E-state index is -3.69. The molecule has 0 amide bonds. The summed E-state index contributed by atoms with van der Waals surface area (Å²) in [4.78, 5) is 11.1. The van der Waals surface area contributed by atoms with E-state index in [1.807, 2.05) is 13.8 Å². The highest BCUT2D eigenvalue weighted by Gasteiger charge is 2.35. The molecule has 0 radical (unpaired) electrons. The van der Waals surface area contributed by atoms with Crippen molar-refractivity contribution in [2.75, 3.05) is 5.75 Å². The van der Waals surface area contributed by atoms with Gasteiger partial charge in [0.15, 0.2) is 0 Å². The van der Waals surface area contributed by atoms with Gasteiger partial charge in [0, 0.05) is 5.75 Å². The van der Waals surface area contributed by atoms with Gasteiger partial charge in [0.2, 0.25) is 0 Å². The molecule has 1 atom stereocenters. The van der Waals surface area contributed by atoms with Crippen LogP contribution in [0.2, 0.25) is 0 Å². The molecule has 0 heterocycles. The van der Waals surface area contributed by atoms with Crippen LogP contribution in [0, 0.1) is 5.92 Å². The van der Waals surface area contributed by atoms with E-state index in [0.717, 1.165) is 12.1 Å². The van der Waals surface area contributed by atoms with Crippen molar-refractivity contribution in [3.63, 3.8) is 0 Å². The van der Waals surface area contributed by atoms with Gasteiger partial charge in [-0.25, -0.2) is 4.79 Å². The van der Waals surface area contributed by atoms with Gasteiger partial charge in [-0.3, -0.25) is 4.21 Å². The standard InChI is InChI=1S/C14H17ClF2O3S/c1-4-9-10(13(18)19)5-6-11(14(15,16)17)12(9)21(20)7-8(2)3/h5-6,8H,4,7H2,1-3H3,(H,18,19)/t21-/m0/s1. The number of carbonyl (C=O) groups is 1. The molecule has 1 aromatic carbocycles. The first-order valence-corrected chi connectivity index (χ1v) is 8.14. The highest BCUT2D eigenvalue weighted by molar-refractivity contribution is 7.85. The largest absolute Gasteiger partial charge is 0.478 e. The predicted octanol–water partition coefficient (Wildman–Crippen LogP) is 4.00. The van der Waals surface area contributed by atoms with Gasteiger partial charge in [-0.15, -0.1) is 0 Å². The van der Waals surface area contributed by atoms with Crippen molar-refractivity contribution in [1.82, 2.24) is 0 Å². The van der Waals surface area contributed by atoms with Crippen LogP contribution in [0.15, 0.2) is 17.0 Å². The van der Waals surface area contributed by atoms with Gasteiger partial charge >= 0.3 is 11.4 Å². The molecule has 0 fully saturated rings. The molecular formula is C14H17ClF2O3S. The fraction of sp³-hybridized carbons (Fsp3) is 0.500. The summed E-state index contributed by atoms with van der Waals surface area (Å²) in [5, 5.41) is 5.47. The van der Waals surface area contributed by atoms with Crippen molar-refractivity contribution in [3.8, 4) is 0 Å². The van der Waals surface area contributed by atoms with Gasteiger partial charge in [0.25, 0.3) is 0 Å². The predicted molar refractivity (Wildman–Crippen MR) is 78.6 cm³/mol. The van der Waals surface area contributed by atoms with Crippen LogP contribution in [-0.4, -0.2) is 21.0 Å². The van der Waals surface area contributed by atoms with Crippen molar-refractivity contribution in [1.29, 1.82) is 0 Å². The maximum atomic E-state index is 13.5. The zero-order valence-corrected chi connectivity index (χ0v) is 13.5. The van der Waals surface area contributed by atoms with Crippen LogP contribution in [0.25, 0.3) is 0 Å². The maximum absolute atomic E-state index is 13.5. The molecule has 0 aliphatic heterocycles. The molecule has 7 heteroatoms. The molecule has 0 saturated carbocycles. The second kappa shape index (κ2) is 6.83. The van der Waals surface area contributed by atoms with Crippen LogP contribution in [0.3, 0.4) is 0 Å². The van der Waals surface area contributed by atoms with E-state index in [-0.39, 0.29) is 34.1 Å². The minimum absolute atomic E-state index is 0.0146. The molecule has 0 aromatic heterocycles. The van der Waals surface area contributed by atoms with E-state index < -0.39 is 27.7 Å². The SMILES string of the molecule is CCc1c(C(=O)O)ccc(C(F)(F)Cl)c1[S@@](=O)CC(C)C. The zero-order valence-electron chi connectivity index (χ0n) is 12.0. The molecule has 3 nitrogen and oxygen atoms in total. The number of halogens is 3. The van der Waals surface area contributed by atoms with E-state index in [1.54, 1.807) is 6.92 Å².